The summed E-state index contributed by atoms with van der Waals surface area (Å²) in [6.07, 6.45) is 18.2. The molecule has 0 aliphatic heterocycles. The highest BCUT2D eigenvalue weighted by molar-refractivity contribution is 6.28. The van der Waals surface area contributed by atoms with E-state index in [1.165, 1.54) is 137 Å². The SMILES string of the molecule is C1=CC(n2c3ccccc3c3cccc(-c4c5ccccc5c(-c5ccc6c(c5)oc5ccc(-c7c8ccccc8c(-c8cccc9c%10ccccc%10n(C%10=CCCC=C%10)c89)c8ccccc78)cc56)c5ccccc45)c32)=CCC1. The summed E-state index contributed by atoms with van der Waals surface area (Å²) in [7, 11) is 0. The van der Waals surface area contributed by atoms with E-state index >= 15 is 0 Å². The number of furan rings is 1. The van der Waals surface area contributed by atoms with E-state index in [0.29, 0.717) is 0 Å². The lowest BCUT2D eigenvalue weighted by atomic mass is 9.85. The van der Waals surface area contributed by atoms with Gasteiger partial charge in [0.15, 0.2) is 0 Å². The Hall–Kier alpha value is -9.96. The molecule has 17 rings (SSSR count). The van der Waals surface area contributed by atoms with Gasteiger partial charge < -0.3 is 13.6 Å². The Balaban J connectivity index is 0.846. The molecule has 3 aromatic heterocycles. The summed E-state index contributed by atoms with van der Waals surface area (Å²) in [5.74, 6) is 0. The molecule has 0 fully saturated rings. The van der Waals surface area contributed by atoms with Crippen molar-refractivity contribution in [1.82, 2.24) is 9.13 Å². The molecule has 2 aliphatic carbocycles. The molecule has 0 radical (unpaired) electrons. The maximum absolute atomic E-state index is 6.92. The van der Waals surface area contributed by atoms with Crippen LogP contribution in [-0.2, 0) is 0 Å². The standard InChI is InChI=1S/C76H50N2O/c1-3-21-49(22-4-1)77-67-39-17-15-25-51(67)62-35-19-37-64(75(62)77)73-58-31-11-7-27-54(58)71(55-28-8-12-32-59(55)73)47-42-44-69-66(45-47)53-43-41-48(46-70(53)79-69)72-56-29-9-13-33-60(56)74(61-34-14-10-30-57(61)72)65-38-20-36-63-52-26-16-18-40-68(52)78(76(63)65)50-23-5-2-6-24-50/h3,5,7-46H,1-2,4,6H2. The number of rotatable bonds is 6. The molecule has 12 aromatic carbocycles. The molecule has 3 nitrogen and oxygen atoms in total. The fraction of sp³-hybridized carbons (Fsp3) is 0.0526. The van der Waals surface area contributed by atoms with Crippen LogP contribution in [0.2, 0.25) is 0 Å². The van der Waals surface area contributed by atoms with Gasteiger partial charge in [0.2, 0.25) is 0 Å². The predicted molar refractivity (Wildman–Crippen MR) is 337 cm³/mol. The molecule has 3 heteroatoms. The summed E-state index contributed by atoms with van der Waals surface area (Å²) >= 11 is 0. The second-order valence-electron chi connectivity index (χ2n) is 21.5. The van der Waals surface area contributed by atoms with Gasteiger partial charge in [-0.3, -0.25) is 0 Å². The number of nitrogens with zero attached hydrogens (tertiary/aromatic N) is 2. The average Bonchev–Trinajstić information content (AvgIpc) is 4.38. The topological polar surface area (TPSA) is 23.0 Å². The lowest BCUT2D eigenvalue weighted by Crippen LogP contribution is -1.99. The monoisotopic (exact) mass is 1010 g/mol. The number of para-hydroxylation sites is 4. The predicted octanol–water partition coefficient (Wildman–Crippen LogP) is 21.5. The minimum atomic E-state index is 0.876. The van der Waals surface area contributed by atoms with Crippen LogP contribution in [0.15, 0.2) is 259 Å². The average molecular weight is 1010 g/mol. The number of hydrogen-bond acceptors (Lipinski definition) is 1. The highest BCUT2D eigenvalue weighted by Crippen LogP contribution is 2.51. The summed E-state index contributed by atoms with van der Waals surface area (Å²) < 4.78 is 11.9. The number of benzene rings is 12. The van der Waals surface area contributed by atoms with Crippen LogP contribution in [0.5, 0.6) is 0 Å². The molecule has 0 atom stereocenters. The Bertz CT molecular complexity index is 5140. The largest absolute Gasteiger partial charge is 0.456 e. The fourth-order valence-electron chi connectivity index (χ4n) is 14.1. The van der Waals surface area contributed by atoms with E-state index in [-0.39, 0.29) is 0 Å². The van der Waals surface area contributed by atoms with Crippen molar-refractivity contribution in [3.05, 3.63) is 255 Å². The Morgan fingerprint density at radius 1 is 0.278 bits per heavy atom. The number of aromatic nitrogens is 2. The third-order valence-electron chi connectivity index (χ3n) is 17.3. The Morgan fingerprint density at radius 3 is 1.11 bits per heavy atom. The van der Waals surface area contributed by atoms with E-state index in [1.807, 2.05) is 0 Å². The zero-order valence-electron chi connectivity index (χ0n) is 43.4. The van der Waals surface area contributed by atoms with Crippen molar-refractivity contribution in [1.29, 1.82) is 0 Å². The summed E-state index contributed by atoms with van der Waals surface area (Å²) in [5.41, 5.74) is 18.9. The van der Waals surface area contributed by atoms with Crippen molar-refractivity contribution in [2.45, 2.75) is 25.7 Å². The highest BCUT2D eigenvalue weighted by atomic mass is 16.3. The molecular formula is C76H50N2O. The van der Waals surface area contributed by atoms with Crippen LogP contribution in [0.25, 0.3) is 165 Å². The number of hydrogen-bond donors (Lipinski definition) is 0. The van der Waals surface area contributed by atoms with Crippen LogP contribution in [0.1, 0.15) is 25.7 Å². The Morgan fingerprint density at radius 2 is 0.671 bits per heavy atom. The van der Waals surface area contributed by atoms with Gasteiger partial charge >= 0.3 is 0 Å². The molecule has 15 aromatic rings. The van der Waals surface area contributed by atoms with E-state index < -0.39 is 0 Å². The van der Waals surface area contributed by atoms with Crippen molar-refractivity contribution in [2.75, 3.05) is 0 Å². The van der Waals surface area contributed by atoms with Gasteiger partial charge in [-0.25, -0.2) is 0 Å². The summed E-state index contributed by atoms with van der Waals surface area (Å²) in [5, 5.41) is 17.1. The second kappa shape index (κ2) is 17.3. The second-order valence-corrected chi connectivity index (χ2v) is 21.5. The van der Waals surface area contributed by atoms with Gasteiger partial charge in [-0.15, -0.1) is 0 Å². The van der Waals surface area contributed by atoms with Crippen LogP contribution in [0, 0.1) is 0 Å². The van der Waals surface area contributed by atoms with Crippen LogP contribution < -0.4 is 0 Å². The van der Waals surface area contributed by atoms with Gasteiger partial charge in [0.05, 0.1) is 22.1 Å². The van der Waals surface area contributed by atoms with E-state index in [4.69, 9.17) is 4.42 Å². The molecule has 370 valence electrons. The minimum Gasteiger partial charge on any atom is -0.456 e. The van der Waals surface area contributed by atoms with Crippen molar-refractivity contribution in [3.63, 3.8) is 0 Å². The molecule has 0 amide bonds. The van der Waals surface area contributed by atoms with E-state index in [9.17, 15) is 0 Å². The van der Waals surface area contributed by atoms with Crippen LogP contribution in [0.4, 0.5) is 0 Å². The van der Waals surface area contributed by atoms with Crippen molar-refractivity contribution in [2.24, 2.45) is 0 Å². The molecule has 3 heterocycles. The Kier molecular flexibility index (Phi) is 9.67. The van der Waals surface area contributed by atoms with Gasteiger partial charge in [0.1, 0.15) is 11.2 Å². The van der Waals surface area contributed by atoms with E-state index in [1.54, 1.807) is 0 Å². The molecule has 0 unspecified atom stereocenters. The van der Waals surface area contributed by atoms with E-state index in [0.717, 1.165) is 53.2 Å². The lowest BCUT2D eigenvalue weighted by molar-refractivity contribution is 0.669. The molecule has 0 saturated heterocycles. The smallest absolute Gasteiger partial charge is 0.136 e. The minimum absolute atomic E-state index is 0.876. The zero-order valence-corrected chi connectivity index (χ0v) is 43.4. The summed E-state index contributed by atoms with van der Waals surface area (Å²) in [6.45, 7) is 0. The van der Waals surface area contributed by atoms with Gasteiger partial charge in [-0.2, -0.15) is 0 Å². The summed E-state index contributed by atoms with van der Waals surface area (Å²) in [4.78, 5) is 0. The molecule has 0 saturated carbocycles. The van der Waals surface area contributed by atoms with Crippen molar-refractivity contribution >= 4 is 120 Å². The highest BCUT2D eigenvalue weighted by Gasteiger charge is 2.25. The molecular weight excluding hydrogens is 957 g/mol. The third kappa shape index (κ3) is 6.48. The van der Waals surface area contributed by atoms with Gasteiger partial charge in [0, 0.05) is 54.8 Å². The molecule has 2 aliphatic rings. The van der Waals surface area contributed by atoms with Crippen LogP contribution in [-0.4, -0.2) is 9.13 Å². The number of fused-ring (bicyclic) bond motifs is 13. The first-order valence-electron chi connectivity index (χ1n) is 27.9. The fourth-order valence-corrected chi connectivity index (χ4v) is 14.1. The maximum atomic E-state index is 6.92. The van der Waals surface area contributed by atoms with Gasteiger partial charge in [0.25, 0.3) is 0 Å². The normalized spacial score (nSPS) is 13.9. The molecule has 0 spiro atoms. The first kappa shape index (κ1) is 44.2. The van der Waals surface area contributed by atoms with Crippen molar-refractivity contribution < 1.29 is 4.42 Å². The van der Waals surface area contributed by atoms with E-state index in [2.05, 4.69) is 264 Å². The van der Waals surface area contributed by atoms with Gasteiger partial charge in [-0.05, 0) is 151 Å². The summed E-state index contributed by atoms with van der Waals surface area (Å²) in [6, 6.07) is 81.3. The quantitative estimate of drug-likeness (QED) is 0.152. The first-order valence-corrected chi connectivity index (χ1v) is 27.9. The van der Waals surface area contributed by atoms with Gasteiger partial charge in [-0.1, -0.05) is 206 Å². The van der Waals surface area contributed by atoms with Crippen LogP contribution >= 0.6 is 0 Å². The maximum Gasteiger partial charge on any atom is 0.136 e. The lowest BCUT2D eigenvalue weighted by Gasteiger charge is -2.20. The molecule has 79 heavy (non-hydrogen) atoms. The molecule has 0 bridgehead atoms. The first-order chi connectivity index (χ1) is 39.2. The van der Waals surface area contributed by atoms with Crippen molar-refractivity contribution in [3.8, 4) is 44.5 Å². The molecule has 0 N–H and O–H groups in total. The third-order valence-corrected chi connectivity index (χ3v) is 17.3. The number of allylic oxidation sites excluding steroid dienone is 8. The Labute approximate surface area is 456 Å². The van der Waals surface area contributed by atoms with Crippen LogP contribution in [0.3, 0.4) is 0 Å². The zero-order chi connectivity index (χ0) is 51.7.